The van der Waals surface area contributed by atoms with Crippen LogP contribution in [0.15, 0.2) is 36.9 Å². The number of aromatic nitrogens is 4. The second-order valence-corrected chi connectivity index (χ2v) is 7.97. The molecule has 0 radical (unpaired) electrons. The van der Waals surface area contributed by atoms with Crippen LogP contribution in [0.5, 0.6) is 0 Å². The van der Waals surface area contributed by atoms with Crippen molar-refractivity contribution in [2.75, 3.05) is 24.7 Å². The molecule has 142 valence electrons. The monoisotopic (exact) mass is 376 g/mol. The number of hydrogen-bond donors (Lipinski definition) is 0. The summed E-state index contributed by atoms with van der Waals surface area (Å²) in [5, 5.41) is 18.0. The summed E-state index contributed by atoms with van der Waals surface area (Å²) >= 11 is 0. The number of anilines is 1. The highest BCUT2D eigenvalue weighted by atomic mass is 16.5. The lowest BCUT2D eigenvalue weighted by Crippen LogP contribution is -2.43. The summed E-state index contributed by atoms with van der Waals surface area (Å²) in [5.41, 5.74) is 3.77. The minimum atomic E-state index is -0.558. The summed E-state index contributed by atoms with van der Waals surface area (Å²) in [4.78, 5) is 14.2. The van der Waals surface area contributed by atoms with Gasteiger partial charge >= 0.3 is 0 Å². The summed E-state index contributed by atoms with van der Waals surface area (Å²) in [5.74, 6) is -0.695. The standard InChI is InChI=1S/C20H20N6O2/c1-20(12-28-13-20)11-24-9-16(8-23-24)15-6-18-17(2-4-22-26(18)10-15)25-5-3-14(7-21)19(25)27/h2,4,6,8-10,14H,3,5,11-13H2,1H3. The molecule has 1 unspecified atom stereocenters. The lowest BCUT2D eigenvalue weighted by Gasteiger charge is -2.37. The Labute approximate surface area is 161 Å². The zero-order valence-electron chi connectivity index (χ0n) is 15.6. The normalized spacial score (nSPS) is 21.1. The van der Waals surface area contributed by atoms with E-state index in [1.54, 1.807) is 15.6 Å². The molecular formula is C20H20N6O2. The summed E-state index contributed by atoms with van der Waals surface area (Å²) in [6, 6.07) is 5.94. The molecule has 0 spiro atoms. The lowest BCUT2D eigenvalue weighted by molar-refractivity contribution is -0.118. The Morgan fingerprint density at radius 2 is 2.18 bits per heavy atom. The van der Waals surface area contributed by atoms with Crippen LogP contribution in [0.2, 0.25) is 0 Å². The summed E-state index contributed by atoms with van der Waals surface area (Å²) in [6.07, 6.45) is 8.07. The van der Waals surface area contributed by atoms with Gasteiger partial charge in [-0.25, -0.2) is 4.52 Å². The third kappa shape index (κ3) is 2.67. The van der Waals surface area contributed by atoms with Gasteiger partial charge in [0, 0.05) is 41.7 Å². The van der Waals surface area contributed by atoms with E-state index in [2.05, 4.69) is 23.2 Å². The van der Waals surface area contributed by atoms with Gasteiger partial charge < -0.3 is 9.64 Å². The Morgan fingerprint density at radius 1 is 1.32 bits per heavy atom. The molecule has 0 saturated carbocycles. The van der Waals surface area contributed by atoms with E-state index in [0.717, 1.165) is 42.1 Å². The van der Waals surface area contributed by atoms with Gasteiger partial charge in [0.2, 0.25) is 5.91 Å². The van der Waals surface area contributed by atoms with Crippen LogP contribution in [0.3, 0.4) is 0 Å². The number of fused-ring (bicyclic) bond motifs is 1. The number of rotatable bonds is 4. The summed E-state index contributed by atoms with van der Waals surface area (Å²) in [7, 11) is 0. The summed E-state index contributed by atoms with van der Waals surface area (Å²) in [6.45, 7) is 5.10. The van der Waals surface area contributed by atoms with E-state index in [4.69, 9.17) is 10.00 Å². The fourth-order valence-corrected chi connectivity index (χ4v) is 3.96. The molecule has 2 fully saturated rings. The predicted octanol–water partition coefficient (Wildman–Crippen LogP) is 2.11. The molecule has 8 heteroatoms. The van der Waals surface area contributed by atoms with E-state index in [9.17, 15) is 4.79 Å². The minimum Gasteiger partial charge on any atom is -0.380 e. The maximum Gasteiger partial charge on any atom is 0.244 e. The van der Waals surface area contributed by atoms with Gasteiger partial charge in [-0.1, -0.05) is 6.92 Å². The number of hydrogen-bond acceptors (Lipinski definition) is 5. The average molecular weight is 376 g/mol. The van der Waals surface area contributed by atoms with E-state index < -0.39 is 5.92 Å². The van der Waals surface area contributed by atoms with Crippen LogP contribution < -0.4 is 4.90 Å². The lowest BCUT2D eigenvalue weighted by atomic mass is 9.89. The van der Waals surface area contributed by atoms with Crippen molar-refractivity contribution in [3.05, 3.63) is 36.9 Å². The summed E-state index contributed by atoms with van der Waals surface area (Å²) < 4.78 is 9.05. The molecule has 5 rings (SSSR count). The van der Waals surface area contributed by atoms with Gasteiger partial charge in [0.1, 0.15) is 5.92 Å². The number of nitriles is 1. The van der Waals surface area contributed by atoms with E-state index >= 15 is 0 Å². The third-order valence-corrected chi connectivity index (χ3v) is 5.55. The Bertz CT molecular complexity index is 1100. The first-order valence-electron chi connectivity index (χ1n) is 9.35. The van der Waals surface area contributed by atoms with Crippen molar-refractivity contribution in [3.63, 3.8) is 0 Å². The highest BCUT2D eigenvalue weighted by molar-refractivity contribution is 6.02. The van der Waals surface area contributed by atoms with Gasteiger partial charge in [-0.05, 0) is 18.6 Å². The molecule has 3 aromatic rings. The molecular weight excluding hydrogens is 356 g/mol. The molecule has 8 nitrogen and oxygen atoms in total. The van der Waals surface area contributed by atoms with E-state index in [-0.39, 0.29) is 11.3 Å². The molecule has 0 aliphatic carbocycles. The SMILES string of the molecule is CC1(Cn2cc(-c3cc4c(N5CCC(C#N)C5=O)ccnn4c3)cn2)COC1. The first-order valence-corrected chi connectivity index (χ1v) is 9.35. The van der Waals surface area contributed by atoms with Crippen LogP contribution in [-0.4, -0.2) is 45.1 Å². The van der Waals surface area contributed by atoms with Gasteiger partial charge in [-0.15, -0.1) is 0 Å². The second kappa shape index (κ2) is 6.17. The molecule has 1 atom stereocenters. The zero-order valence-corrected chi connectivity index (χ0v) is 15.6. The van der Waals surface area contributed by atoms with E-state index in [1.165, 1.54) is 0 Å². The Kier molecular flexibility index (Phi) is 3.74. The number of ether oxygens (including phenoxy) is 1. The molecule has 5 heterocycles. The van der Waals surface area contributed by atoms with Gasteiger partial charge in [0.15, 0.2) is 0 Å². The number of nitrogens with zero attached hydrogens (tertiary/aromatic N) is 6. The fraction of sp³-hybridized carbons (Fsp3) is 0.400. The maximum atomic E-state index is 12.5. The number of carbonyl (C=O) groups excluding carboxylic acids is 1. The molecule has 0 N–H and O–H groups in total. The van der Waals surface area contributed by atoms with Gasteiger partial charge in [-0.3, -0.25) is 9.48 Å². The van der Waals surface area contributed by atoms with Gasteiger partial charge in [0.05, 0.1) is 43.2 Å². The van der Waals surface area contributed by atoms with Crippen molar-refractivity contribution in [3.8, 4) is 17.2 Å². The van der Waals surface area contributed by atoms with Crippen LogP contribution >= 0.6 is 0 Å². The Morgan fingerprint density at radius 3 is 2.89 bits per heavy atom. The quantitative estimate of drug-likeness (QED) is 0.696. The number of amides is 1. The molecule has 2 aliphatic heterocycles. The van der Waals surface area contributed by atoms with E-state index in [0.29, 0.717) is 13.0 Å². The minimum absolute atomic E-state index is 0.137. The first kappa shape index (κ1) is 17.0. The van der Waals surface area contributed by atoms with Crippen LogP contribution in [0.4, 0.5) is 5.69 Å². The van der Waals surface area contributed by atoms with Crippen molar-refractivity contribution < 1.29 is 9.53 Å². The molecule has 3 aromatic heterocycles. The molecule has 1 amide bonds. The maximum absolute atomic E-state index is 12.5. The number of carbonyl (C=O) groups is 1. The largest absolute Gasteiger partial charge is 0.380 e. The predicted molar refractivity (Wildman–Crippen MR) is 101 cm³/mol. The van der Waals surface area contributed by atoms with Crippen molar-refractivity contribution >= 4 is 17.1 Å². The molecule has 0 bridgehead atoms. The smallest absolute Gasteiger partial charge is 0.244 e. The van der Waals surface area contributed by atoms with Crippen LogP contribution in [0.25, 0.3) is 16.6 Å². The van der Waals surface area contributed by atoms with Crippen LogP contribution in [-0.2, 0) is 16.1 Å². The van der Waals surface area contributed by atoms with Crippen molar-refractivity contribution in [2.45, 2.75) is 19.9 Å². The van der Waals surface area contributed by atoms with Crippen molar-refractivity contribution in [1.29, 1.82) is 5.26 Å². The first-order chi connectivity index (χ1) is 13.6. The highest BCUT2D eigenvalue weighted by Crippen LogP contribution is 2.32. The Balaban J connectivity index is 1.47. The van der Waals surface area contributed by atoms with Crippen molar-refractivity contribution in [2.24, 2.45) is 11.3 Å². The fourth-order valence-electron chi connectivity index (χ4n) is 3.96. The second-order valence-electron chi connectivity index (χ2n) is 7.97. The molecule has 2 saturated heterocycles. The average Bonchev–Trinajstić information content (AvgIpc) is 3.37. The molecule has 0 aromatic carbocycles. The third-order valence-electron chi connectivity index (χ3n) is 5.55. The van der Waals surface area contributed by atoms with Crippen molar-refractivity contribution in [1.82, 2.24) is 19.4 Å². The van der Waals surface area contributed by atoms with Crippen LogP contribution in [0, 0.1) is 22.7 Å². The van der Waals surface area contributed by atoms with Crippen LogP contribution in [0.1, 0.15) is 13.3 Å². The molecule has 28 heavy (non-hydrogen) atoms. The van der Waals surface area contributed by atoms with Gasteiger partial charge in [-0.2, -0.15) is 15.5 Å². The molecule has 2 aliphatic rings. The highest BCUT2D eigenvalue weighted by Gasteiger charge is 2.35. The zero-order chi connectivity index (χ0) is 19.3. The topological polar surface area (TPSA) is 88.5 Å². The van der Waals surface area contributed by atoms with Gasteiger partial charge in [0.25, 0.3) is 0 Å². The van der Waals surface area contributed by atoms with E-state index in [1.807, 2.05) is 35.4 Å². The Hall–Kier alpha value is -3.18.